The Hall–Kier alpha value is -3.03. The Bertz CT molecular complexity index is 927. The Morgan fingerprint density at radius 3 is 3.12 bits per heavy atom. The number of aromatic nitrogens is 6. The summed E-state index contributed by atoms with van der Waals surface area (Å²) in [5, 5.41) is 15.5. The zero-order valence-electron chi connectivity index (χ0n) is 14.7. The summed E-state index contributed by atoms with van der Waals surface area (Å²) in [6.07, 6.45) is 4.57. The van der Waals surface area contributed by atoms with Crippen LogP contribution in [0.1, 0.15) is 41.8 Å². The molecule has 0 spiro atoms. The van der Waals surface area contributed by atoms with E-state index < -0.39 is 0 Å². The average Bonchev–Trinajstić information content (AvgIpc) is 3.37. The molecule has 1 aromatic carbocycles. The highest BCUT2D eigenvalue weighted by Gasteiger charge is 2.18. The van der Waals surface area contributed by atoms with Crippen molar-refractivity contribution in [3.05, 3.63) is 47.8 Å². The zero-order chi connectivity index (χ0) is 17.9. The molecule has 2 aromatic heterocycles. The maximum atomic E-state index is 12.6. The van der Waals surface area contributed by atoms with Gasteiger partial charge in [-0.2, -0.15) is 5.10 Å². The van der Waals surface area contributed by atoms with Crippen molar-refractivity contribution in [2.45, 2.75) is 45.8 Å². The first-order chi connectivity index (χ1) is 12.8. The topological polar surface area (TPSA) is 90.5 Å². The quantitative estimate of drug-likeness (QED) is 0.731. The van der Waals surface area contributed by atoms with Gasteiger partial charge < -0.3 is 9.88 Å². The molecule has 3 heterocycles. The number of amides is 1. The summed E-state index contributed by atoms with van der Waals surface area (Å²) in [5.74, 6) is 2.46. The zero-order valence-corrected chi connectivity index (χ0v) is 14.7. The lowest BCUT2D eigenvalue weighted by molar-refractivity contribution is 0.0949. The third kappa shape index (κ3) is 3.10. The number of benzene rings is 1. The fourth-order valence-corrected chi connectivity index (χ4v) is 3.27. The first-order valence-corrected chi connectivity index (χ1v) is 8.93. The molecule has 1 N–H and O–H groups in total. The molecule has 3 aromatic rings. The summed E-state index contributed by atoms with van der Waals surface area (Å²) in [6.45, 7) is 4.19. The van der Waals surface area contributed by atoms with E-state index in [1.54, 1.807) is 12.4 Å². The Balaban J connectivity index is 1.49. The summed E-state index contributed by atoms with van der Waals surface area (Å²) in [4.78, 5) is 16.9. The van der Waals surface area contributed by atoms with Gasteiger partial charge in [0.25, 0.3) is 5.91 Å². The molecule has 0 unspecified atom stereocenters. The molecule has 0 saturated heterocycles. The number of hydrogen-bond donors (Lipinski definition) is 1. The molecular weight excluding hydrogens is 330 g/mol. The van der Waals surface area contributed by atoms with Crippen LogP contribution in [0, 0.1) is 0 Å². The number of rotatable bonds is 6. The van der Waals surface area contributed by atoms with Crippen LogP contribution in [0.5, 0.6) is 0 Å². The molecule has 1 aliphatic rings. The first kappa shape index (κ1) is 16.4. The van der Waals surface area contributed by atoms with Crippen molar-refractivity contribution in [3.8, 4) is 11.4 Å². The third-order valence-electron chi connectivity index (χ3n) is 4.53. The summed E-state index contributed by atoms with van der Waals surface area (Å²) in [7, 11) is 0. The van der Waals surface area contributed by atoms with Gasteiger partial charge in [-0.15, -0.1) is 10.2 Å². The maximum absolute atomic E-state index is 12.6. The second-order valence-electron chi connectivity index (χ2n) is 6.36. The van der Waals surface area contributed by atoms with Gasteiger partial charge in [-0.25, -0.2) is 9.67 Å². The fourth-order valence-electron chi connectivity index (χ4n) is 3.27. The van der Waals surface area contributed by atoms with E-state index in [1.807, 2.05) is 22.9 Å². The van der Waals surface area contributed by atoms with Crippen LogP contribution in [0.3, 0.4) is 0 Å². The van der Waals surface area contributed by atoms with Crippen molar-refractivity contribution < 1.29 is 4.79 Å². The van der Waals surface area contributed by atoms with Crippen molar-refractivity contribution in [2.24, 2.45) is 0 Å². The monoisotopic (exact) mass is 351 g/mol. The molecule has 0 bridgehead atoms. The Morgan fingerprint density at radius 1 is 1.31 bits per heavy atom. The van der Waals surface area contributed by atoms with Crippen LogP contribution >= 0.6 is 0 Å². The SMILES string of the molecule is CCCn1ncnc1-c1cccc(C(=O)NCc2nnc3n2CCC3)c1. The smallest absolute Gasteiger partial charge is 0.251 e. The number of nitrogens with one attached hydrogen (secondary N) is 1. The Morgan fingerprint density at radius 2 is 2.23 bits per heavy atom. The minimum Gasteiger partial charge on any atom is -0.345 e. The Kier molecular flexibility index (Phi) is 4.47. The highest BCUT2D eigenvalue weighted by atomic mass is 16.1. The van der Waals surface area contributed by atoms with Crippen LogP contribution in [0.2, 0.25) is 0 Å². The molecular formula is C18H21N7O. The van der Waals surface area contributed by atoms with Crippen LogP contribution < -0.4 is 5.32 Å². The molecule has 0 atom stereocenters. The molecule has 0 aliphatic carbocycles. The van der Waals surface area contributed by atoms with Crippen molar-refractivity contribution in [3.63, 3.8) is 0 Å². The summed E-state index contributed by atoms with van der Waals surface area (Å²) >= 11 is 0. The van der Waals surface area contributed by atoms with Gasteiger partial charge in [0.15, 0.2) is 11.6 Å². The van der Waals surface area contributed by atoms with Gasteiger partial charge in [0, 0.05) is 30.6 Å². The van der Waals surface area contributed by atoms with E-state index in [1.165, 1.54) is 0 Å². The van der Waals surface area contributed by atoms with Crippen molar-refractivity contribution in [2.75, 3.05) is 0 Å². The molecule has 1 aliphatic heterocycles. The highest BCUT2D eigenvalue weighted by Crippen LogP contribution is 2.18. The lowest BCUT2D eigenvalue weighted by Gasteiger charge is -2.08. The van der Waals surface area contributed by atoms with Crippen LogP contribution in [0.15, 0.2) is 30.6 Å². The van der Waals surface area contributed by atoms with Gasteiger partial charge in [0.05, 0.1) is 6.54 Å². The van der Waals surface area contributed by atoms with Gasteiger partial charge in [0.2, 0.25) is 0 Å². The molecule has 4 rings (SSSR count). The molecule has 8 heteroatoms. The minimum atomic E-state index is -0.135. The van der Waals surface area contributed by atoms with Crippen LogP contribution in [-0.2, 0) is 26.1 Å². The van der Waals surface area contributed by atoms with Gasteiger partial charge >= 0.3 is 0 Å². The standard InChI is InChI=1S/C18H21N7O/c1-2-8-25-17(20-12-21-25)13-5-3-6-14(10-13)18(26)19-11-16-23-22-15-7-4-9-24(15)16/h3,5-6,10,12H,2,4,7-9,11H2,1H3,(H,19,26). The van der Waals surface area contributed by atoms with Crippen LogP contribution in [0.4, 0.5) is 0 Å². The summed E-state index contributed by atoms with van der Waals surface area (Å²) in [6, 6.07) is 7.45. The Labute approximate surface area is 151 Å². The fraction of sp³-hybridized carbons (Fsp3) is 0.389. The van der Waals surface area contributed by atoms with Crippen LogP contribution in [-0.4, -0.2) is 35.4 Å². The second-order valence-corrected chi connectivity index (χ2v) is 6.36. The normalized spacial score (nSPS) is 13.0. The van der Waals surface area contributed by atoms with E-state index in [9.17, 15) is 4.79 Å². The largest absolute Gasteiger partial charge is 0.345 e. The molecule has 0 saturated carbocycles. The second kappa shape index (κ2) is 7.07. The average molecular weight is 351 g/mol. The predicted octanol–water partition coefficient (Wildman–Crippen LogP) is 1.82. The number of aryl methyl sites for hydroxylation is 2. The molecule has 134 valence electrons. The molecule has 0 fully saturated rings. The maximum Gasteiger partial charge on any atom is 0.251 e. The van der Waals surface area contributed by atoms with E-state index in [4.69, 9.17) is 0 Å². The lowest BCUT2D eigenvalue weighted by Crippen LogP contribution is -2.24. The van der Waals surface area contributed by atoms with Crippen molar-refractivity contribution >= 4 is 5.91 Å². The lowest BCUT2D eigenvalue weighted by atomic mass is 10.1. The van der Waals surface area contributed by atoms with Gasteiger partial charge in [-0.3, -0.25) is 4.79 Å². The number of nitrogens with zero attached hydrogens (tertiary/aromatic N) is 6. The number of carbonyl (C=O) groups excluding carboxylic acids is 1. The van der Waals surface area contributed by atoms with E-state index >= 15 is 0 Å². The van der Waals surface area contributed by atoms with Gasteiger partial charge in [0.1, 0.15) is 12.2 Å². The minimum absolute atomic E-state index is 0.135. The molecule has 1 amide bonds. The van der Waals surface area contributed by atoms with Crippen molar-refractivity contribution in [1.29, 1.82) is 0 Å². The first-order valence-electron chi connectivity index (χ1n) is 8.93. The van der Waals surface area contributed by atoms with Gasteiger partial charge in [-0.05, 0) is 25.0 Å². The number of fused-ring (bicyclic) bond motifs is 1. The van der Waals surface area contributed by atoms with E-state index in [2.05, 4.69) is 37.1 Å². The van der Waals surface area contributed by atoms with Crippen molar-refractivity contribution in [1.82, 2.24) is 34.8 Å². The predicted molar refractivity (Wildman–Crippen MR) is 95.3 cm³/mol. The van der Waals surface area contributed by atoms with E-state index in [0.29, 0.717) is 12.1 Å². The van der Waals surface area contributed by atoms with E-state index in [-0.39, 0.29) is 5.91 Å². The van der Waals surface area contributed by atoms with E-state index in [0.717, 1.165) is 55.4 Å². The molecule has 8 nitrogen and oxygen atoms in total. The van der Waals surface area contributed by atoms with Gasteiger partial charge in [-0.1, -0.05) is 19.1 Å². The summed E-state index contributed by atoms with van der Waals surface area (Å²) < 4.78 is 3.94. The number of hydrogen-bond acceptors (Lipinski definition) is 5. The number of carbonyl (C=O) groups is 1. The third-order valence-corrected chi connectivity index (χ3v) is 4.53. The molecule has 26 heavy (non-hydrogen) atoms. The molecule has 0 radical (unpaired) electrons. The van der Waals surface area contributed by atoms with Crippen LogP contribution in [0.25, 0.3) is 11.4 Å². The highest BCUT2D eigenvalue weighted by molar-refractivity contribution is 5.95. The summed E-state index contributed by atoms with van der Waals surface area (Å²) in [5.41, 5.74) is 1.47.